The van der Waals surface area contributed by atoms with Crippen LogP contribution in [-0.2, 0) is 16.9 Å². The van der Waals surface area contributed by atoms with Gasteiger partial charge in [-0.25, -0.2) is 4.39 Å². The average Bonchev–Trinajstić information content (AvgIpc) is 3.22. The van der Waals surface area contributed by atoms with Crippen LogP contribution in [0.4, 0.5) is 4.39 Å². The molecular formula is C17H21FN4O2. The largest absolute Gasteiger partial charge is 0.351 e. The maximum absolute atomic E-state index is 12.9. The first-order valence-corrected chi connectivity index (χ1v) is 8.14. The van der Waals surface area contributed by atoms with E-state index in [1.165, 1.54) is 12.1 Å². The Kier molecular flexibility index (Phi) is 4.89. The van der Waals surface area contributed by atoms with Gasteiger partial charge in [0.05, 0.1) is 12.1 Å². The van der Waals surface area contributed by atoms with Crippen molar-refractivity contribution in [2.45, 2.75) is 44.7 Å². The molecular weight excluding hydrogens is 311 g/mol. The lowest BCUT2D eigenvalue weighted by atomic mass is 9.96. The Morgan fingerprint density at radius 1 is 1.29 bits per heavy atom. The van der Waals surface area contributed by atoms with E-state index in [-0.39, 0.29) is 23.8 Å². The van der Waals surface area contributed by atoms with Crippen LogP contribution in [-0.4, -0.2) is 22.6 Å². The van der Waals surface area contributed by atoms with Gasteiger partial charge < -0.3 is 9.84 Å². The summed E-state index contributed by atoms with van der Waals surface area (Å²) in [5.74, 6) is 0.749. The minimum atomic E-state index is -0.384. The van der Waals surface area contributed by atoms with Crippen LogP contribution in [0, 0.1) is 12.7 Å². The van der Waals surface area contributed by atoms with Gasteiger partial charge in [-0.3, -0.25) is 10.1 Å². The van der Waals surface area contributed by atoms with Crippen LogP contribution in [0.5, 0.6) is 0 Å². The zero-order chi connectivity index (χ0) is 17.0. The summed E-state index contributed by atoms with van der Waals surface area (Å²) in [6.07, 6.45) is 3.91. The summed E-state index contributed by atoms with van der Waals surface area (Å²) in [6.45, 7) is 2.30. The first kappa shape index (κ1) is 16.6. The Morgan fingerprint density at radius 3 is 2.62 bits per heavy atom. The fourth-order valence-electron chi connectivity index (χ4n) is 3.07. The topological polar surface area (TPSA) is 80.0 Å². The van der Waals surface area contributed by atoms with E-state index in [0.717, 1.165) is 31.2 Å². The Morgan fingerprint density at radius 2 is 2.00 bits per heavy atom. The standard InChI is InChI=1S/C17H21FN4O2/c1-12-21-16(22-24-12)17(8-2-3-9-17)20-11-15(23)19-10-13-4-6-14(18)7-5-13/h4-7,20H,2-3,8-11H2,1H3,(H,19,23). The molecule has 1 amide bonds. The first-order chi connectivity index (χ1) is 11.6. The number of nitrogens with one attached hydrogen (secondary N) is 2. The Balaban J connectivity index is 1.55. The summed E-state index contributed by atoms with van der Waals surface area (Å²) in [6, 6.07) is 6.07. The smallest absolute Gasteiger partial charge is 0.234 e. The second-order valence-corrected chi connectivity index (χ2v) is 6.18. The lowest BCUT2D eigenvalue weighted by Gasteiger charge is -2.26. The van der Waals surface area contributed by atoms with E-state index in [9.17, 15) is 9.18 Å². The van der Waals surface area contributed by atoms with E-state index >= 15 is 0 Å². The van der Waals surface area contributed by atoms with Gasteiger partial charge in [-0.05, 0) is 30.5 Å². The van der Waals surface area contributed by atoms with Gasteiger partial charge in [-0.1, -0.05) is 30.1 Å². The summed E-state index contributed by atoms with van der Waals surface area (Å²) in [5, 5.41) is 10.2. The minimum absolute atomic E-state index is 0.120. The van der Waals surface area contributed by atoms with Crippen LogP contribution in [0.3, 0.4) is 0 Å². The predicted molar refractivity (Wildman–Crippen MR) is 85.4 cm³/mol. The fourth-order valence-corrected chi connectivity index (χ4v) is 3.07. The van der Waals surface area contributed by atoms with E-state index in [0.29, 0.717) is 18.3 Å². The Labute approximate surface area is 139 Å². The number of nitrogens with zero attached hydrogens (tertiary/aromatic N) is 2. The van der Waals surface area contributed by atoms with E-state index in [2.05, 4.69) is 20.8 Å². The molecule has 0 aliphatic heterocycles. The molecule has 1 aliphatic carbocycles. The lowest BCUT2D eigenvalue weighted by molar-refractivity contribution is -0.120. The van der Waals surface area contributed by atoms with Crippen molar-refractivity contribution >= 4 is 5.91 Å². The minimum Gasteiger partial charge on any atom is -0.351 e. The highest BCUT2D eigenvalue weighted by atomic mass is 19.1. The van der Waals surface area contributed by atoms with Crippen molar-refractivity contribution in [1.29, 1.82) is 0 Å². The molecule has 0 atom stereocenters. The van der Waals surface area contributed by atoms with Gasteiger partial charge in [0.1, 0.15) is 5.82 Å². The lowest BCUT2D eigenvalue weighted by Crippen LogP contribution is -2.46. The number of rotatable bonds is 6. The molecule has 1 saturated carbocycles. The van der Waals surface area contributed by atoms with Gasteiger partial charge in [0.15, 0.2) is 5.82 Å². The van der Waals surface area contributed by atoms with Gasteiger partial charge in [0.25, 0.3) is 0 Å². The van der Waals surface area contributed by atoms with Crippen molar-refractivity contribution in [1.82, 2.24) is 20.8 Å². The van der Waals surface area contributed by atoms with Crippen LogP contribution in [0.25, 0.3) is 0 Å². The van der Waals surface area contributed by atoms with Crippen molar-refractivity contribution in [3.05, 3.63) is 47.4 Å². The molecule has 0 radical (unpaired) electrons. The normalized spacial score (nSPS) is 16.2. The number of aromatic nitrogens is 2. The van der Waals surface area contributed by atoms with Crippen molar-refractivity contribution in [3.8, 4) is 0 Å². The molecule has 0 unspecified atom stereocenters. The van der Waals surface area contributed by atoms with Crippen molar-refractivity contribution < 1.29 is 13.7 Å². The average molecular weight is 332 g/mol. The Hall–Kier alpha value is -2.28. The molecule has 1 fully saturated rings. The number of hydrogen-bond acceptors (Lipinski definition) is 5. The number of hydrogen-bond donors (Lipinski definition) is 2. The van der Waals surface area contributed by atoms with Crippen molar-refractivity contribution in [2.75, 3.05) is 6.54 Å². The molecule has 1 aromatic heterocycles. The second kappa shape index (κ2) is 7.09. The molecule has 0 spiro atoms. The molecule has 1 aromatic carbocycles. The summed E-state index contributed by atoms with van der Waals surface area (Å²) in [4.78, 5) is 16.4. The van der Waals surface area contributed by atoms with E-state index < -0.39 is 0 Å². The zero-order valence-corrected chi connectivity index (χ0v) is 13.6. The summed E-state index contributed by atoms with van der Waals surface area (Å²) >= 11 is 0. The number of carbonyl (C=O) groups is 1. The molecule has 1 heterocycles. The molecule has 7 heteroatoms. The molecule has 6 nitrogen and oxygen atoms in total. The number of amides is 1. The van der Waals surface area contributed by atoms with Crippen LogP contribution in [0.15, 0.2) is 28.8 Å². The summed E-state index contributed by atoms with van der Waals surface area (Å²) in [7, 11) is 0. The van der Waals surface area contributed by atoms with Crippen LogP contribution >= 0.6 is 0 Å². The van der Waals surface area contributed by atoms with Gasteiger partial charge >= 0.3 is 0 Å². The number of aryl methyl sites for hydroxylation is 1. The number of carbonyl (C=O) groups excluding carboxylic acids is 1. The van der Waals surface area contributed by atoms with E-state index in [1.54, 1.807) is 19.1 Å². The SMILES string of the molecule is Cc1nc(C2(NCC(=O)NCc3ccc(F)cc3)CCCC2)no1. The fraction of sp³-hybridized carbons (Fsp3) is 0.471. The highest BCUT2D eigenvalue weighted by Crippen LogP contribution is 2.37. The highest BCUT2D eigenvalue weighted by Gasteiger charge is 2.39. The number of benzene rings is 1. The maximum atomic E-state index is 12.9. The summed E-state index contributed by atoms with van der Waals surface area (Å²) in [5.41, 5.74) is 0.472. The van der Waals surface area contributed by atoms with E-state index in [1.807, 2.05) is 0 Å². The molecule has 2 N–H and O–H groups in total. The molecule has 0 saturated heterocycles. The van der Waals surface area contributed by atoms with Crippen molar-refractivity contribution in [3.63, 3.8) is 0 Å². The van der Waals surface area contributed by atoms with Gasteiger partial charge in [-0.2, -0.15) is 4.98 Å². The molecule has 0 bridgehead atoms. The molecule has 128 valence electrons. The third-order valence-corrected chi connectivity index (χ3v) is 4.40. The van der Waals surface area contributed by atoms with Gasteiger partial charge in [0.2, 0.25) is 11.8 Å². The monoisotopic (exact) mass is 332 g/mol. The molecule has 1 aliphatic rings. The van der Waals surface area contributed by atoms with Gasteiger partial charge in [0, 0.05) is 13.5 Å². The zero-order valence-electron chi connectivity index (χ0n) is 13.6. The van der Waals surface area contributed by atoms with Crippen LogP contribution in [0.1, 0.15) is 43.0 Å². The third-order valence-electron chi connectivity index (χ3n) is 4.40. The van der Waals surface area contributed by atoms with Crippen molar-refractivity contribution in [2.24, 2.45) is 0 Å². The first-order valence-electron chi connectivity index (χ1n) is 8.14. The van der Waals surface area contributed by atoms with Crippen LogP contribution in [0.2, 0.25) is 0 Å². The molecule has 24 heavy (non-hydrogen) atoms. The quantitative estimate of drug-likeness (QED) is 0.848. The number of halogens is 1. The van der Waals surface area contributed by atoms with Gasteiger partial charge in [-0.15, -0.1) is 0 Å². The van der Waals surface area contributed by atoms with E-state index in [4.69, 9.17) is 4.52 Å². The predicted octanol–water partition coefficient (Wildman–Crippen LogP) is 2.19. The third kappa shape index (κ3) is 3.79. The second-order valence-electron chi connectivity index (χ2n) is 6.18. The summed E-state index contributed by atoms with van der Waals surface area (Å²) < 4.78 is 18.0. The molecule has 2 aromatic rings. The Bertz CT molecular complexity index is 693. The van der Waals surface area contributed by atoms with Crippen LogP contribution < -0.4 is 10.6 Å². The maximum Gasteiger partial charge on any atom is 0.234 e. The molecule has 3 rings (SSSR count). The highest BCUT2D eigenvalue weighted by molar-refractivity contribution is 5.78.